The van der Waals surface area contributed by atoms with Gasteiger partial charge in [0.1, 0.15) is 18.2 Å². The van der Waals surface area contributed by atoms with E-state index in [4.69, 9.17) is 4.74 Å². The Kier molecular flexibility index (Phi) is 10.7. The summed E-state index contributed by atoms with van der Waals surface area (Å²) in [5.74, 6) is 0.517. The van der Waals surface area contributed by atoms with Gasteiger partial charge in [-0.3, -0.25) is 4.79 Å². The second-order valence-corrected chi connectivity index (χ2v) is 10.5. The fraction of sp³-hybridized carbons (Fsp3) is 0.423. The molecule has 1 amide bonds. The first-order valence-corrected chi connectivity index (χ1v) is 13.3. The second kappa shape index (κ2) is 13.2. The van der Waals surface area contributed by atoms with Crippen LogP contribution in [0.3, 0.4) is 0 Å². The van der Waals surface area contributed by atoms with Gasteiger partial charge >= 0.3 is 0 Å². The van der Waals surface area contributed by atoms with Crippen molar-refractivity contribution in [2.24, 2.45) is 0 Å². The van der Waals surface area contributed by atoms with Crippen molar-refractivity contribution in [1.29, 1.82) is 0 Å². The molecule has 2 aromatic carbocycles. The van der Waals surface area contributed by atoms with Crippen molar-refractivity contribution < 1.29 is 22.3 Å². The molecule has 0 saturated heterocycles. The first-order valence-electron chi connectivity index (χ1n) is 11.4. The van der Waals surface area contributed by atoms with Gasteiger partial charge in [-0.25, -0.2) is 12.8 Å². The number of carbonyl (C=O) groups is 1. The van der Waals surface area contributed by atoms with Crippen LogP contribution < -0.4 is 15.4 Å². The molecule has 0 bridgehead atoms. The average molecular weight is 491 g/mol. The summed E-state index contributed by atoms with van der Waals surface area (Å²) in [6.45, 7) is 10.6. The monoisotopic (exact) mass is 490 g/mol. The maximum atomic E-state index is 12.7. The van der Waals surface area contributed by atoms with Crippen LogP contribution in [0.15, 0.2) is 49.1 Å². The van der Waals surface area contributed by atoms with Crippen LogP contribution in [-0.2, 0) is 26.8 Å². The first-order chi connectivity index (χ1) is 16.1. The van der Waals surface area contributed by atoms with Crippen LogP contribution in [0.2, 0.25) is 0 Å². The van der Waals surface area contributed by atoms with Crippen LogP contribution in [0.1, 0.15) is 48.6 Å². The Bertz CT molecular complexity index is 1070. The Balaban J connectivity index is 0.000000287. The largest absolute Gasteiger partial charge is 0.489 e. The first kappa shape index (κ1) is 27.5. The van der Waals surface area contributed by atoms with Crippen molar-refractivity contribution in [3.05, 3.63) is 77.1 Å². The lowest BCUT2D eigenvalue weighted by Crippen LogP contribution is -2.35. The minimum Gasteiger partial charge on any atom is -0.489 e. The van der Waals surface area contributed by atoms with Crippen LogP contribution in [0.25, 0.3) is 0 Å². The number of nitrogens with one attached hydrogen (secondary N) is 2. The zero-order chi connectivity index (χ0) is 25.1. The van der Waals surface area contributed by atoms with Crippen molar-refractivity contribution in [3.63, 3.8) is 0 Å². The normalized spacial score (nSPS) is 15.9. The van der Waals surface area contributed by atoms with Crippen LogP contribution in [0.4, 0.5) is 4.39 Å². The van der Waals surface area contributed by atoms with Gasteiger partial charge in [-0.2, -0.15) is 0 Å². The Morgan fingerprint density at radius 3 is 2.65 bits per heavy atom. The van der Waals surface area contributed by atoms with Crippen molar-refractivity contribution in [3.8, 4) is 5.75 Å². The molecule has 1 unspecified atom stereocenters. The third-order valence-corrected chi connectivity index (χ3v) is 6.88. The summed E-state index contributed by atoms with van der Waals surface area (Å²) in [7, 11) is -3.05. The number of sulfone groups is 1. The third kappa shape index (κ3) is 9.27. The number of fused-ring (bicyclic) bond motifs is 1. The van der Waals surface area contributed by atoms with Crippen molar-refractivity contribution in [2.45, 2.75) is 45.4 Å². The molecule has 3 rings (SSSR count). The molecule has 0 fully saturated rings. The van der Waals surface area contributed by atoms with E-state index in [0.29, 0.717) is 25.4 Å². The molecule has 1 atom stereocenters. The second-order valence-electron chi connectivity index (χ2n) is 8.35. The van der Waals surface area contributed by atoms with Gasteiger partial charge in [0.2, 0.25) is 5.91 Å². The zero-order valence-corrected chi connectivity index (χ0v) is 21.0. The molecule has 0 spiro atoms. The molecule has 1 aliphatic heterocycles. The van der Waals surface area contributed by atoms with Gasteiger partial charge in [0.25, 0.3) is 0 Å². The van der Waals surface area contributed by atoms with Gasteiger partial charge in [0.15, 0.2) is 9.84 Å². The Morgan fingerprint density at radius 1 is 1.24 bits per heavy atom. The standard InChI is InChI=1S/C16H24N2O3S.C10H11FO/c1-3-13-5-6-14-10-22(20,21)11-16(15(14)9-13)18-8-4-7-17-12(2)19;1-3-4-12-10-6-8(2)5-9(11)7-10/h5-6,9,16,18H,3-4,7-8,10-11H2,1-2H3,(H,17,19);3,5-7H,1,4H2,2H3. The fourth-order valence-corrected chi connectivity index (χ4v) is 5.36. The molecular formula is C26H35FN2O4S. The van der Waals surface area contributed by atoms with Crippen molar-refractivity contribution >= 4 is 15.7 Å². The molecule has 0 aromatic heterocycles. The summed E-state index contributed by atoms with van der Waals surface area (Å²) in [4.78, 5) is 10.8. The summed E-state index contributed by atoms with van der Waals surface area (Å²) in [6, 6.07) is 10.5. The van der Waals surface area contributed by atoms with E-state index >= 15 is 0 Å². The highest BCUT2D eigenvalue weighted by molar-refractivity contribution is 7.90. The minimum absolute atomic E-state index is 0.0434. The van der Waals surface area contributed by atoms with E-state index in [1.165, 1.54) is 24.6 Å². The molecule has 0 saturated carbocycles. The van der Waals surface area contributed by atoms with Crippen LogP contribution >= 0.6 is 0 Å². The van der Waals surface area contributed by atoms with E-state index in [1.807, 2.05) is 19.1 Å². The number of benzene rings is 2. The number of aryl methyl sites for hydroxylation is 2. The number of rotatable bonds is 9. The van der Waals surface area contributed by atoms with Crippen LogP contribution in [-0.4, -0.2) is 39.8 Å². The topological polar surface area (TPSA) is 84.5 Å². The minimum atomic E-state index is -3.05. The molecule has 2 aromatic rings. The lowest BCUT2D eigenvalue weighted by Gasteiger charge is -2.27. The average Bonchev–Trinajstić information content (AvgIpc) is 2.76. The molecule has 1 heterocycles. The molecule has 2 N–H and O–H groups in total. The maximum absolute atomic E-state index is 12.7. The summed E-state index contributed by atoms with van der Waals surface area (Å²) in [6.07, 6.45) is 3.34. The zero-order valence-electron chi connectivity index (χ0n) is 20.2. The van der Waals surface area contributed by atoms with E-state index in [-0.39, 0.29) is 29.3 Å². The summed E-state index contributed by atoms with van der Waals surface area (Å²) in [5.41, 5.74) is 4.09. The van der Waals surface area contributed by atoms with E-state index in [2.05, 4.69) is 30.2 Å². The summed E-state index contributed by atoms with van der Waals surface area (Å²) in [5, 5.41) is 6.07. The molecule has 6 nitrogen and oxygen atoms in total. The van der Waals surface area contributed by atoms with E-state index in [0.717, 1.165) is 29.5 Å². The Hall–Kier alpha value is -2.71. The summed E-state index contributed by atoms with van der Waals surface area (Å²) >= 11 is 0. The number of hydrogen-bond donors (Lipinski definition) is 2. The van der Waals surface area contributed by atoms with Crippen LogP contribution in [0, 0.1) is 12.7 Å². The van der Waals surface area contributed by atoms with Crippen LogP contribution in [0.5, 0.6) is 5.75 Å². The highest BCUT2D eigenvalue weighted by Gasteiger charge is 2.29. The smallest absolute Gasteiger partial charge is 0.216 e. The van der Waals surface area contributed by atoms with Gasteiger partial charge in [-0.05, 0) is 60.7 Å². The van der Waals surface area contributed by atoms with Gasteiger partial charge in [-0.1, -0.05) is 37.8 Å². The lowest BCUT2D eigenvalue weighted by atomic mass is 9.98. The highest BCUT2D eigenvalue weighted by Crippen LogP contribution is 2.29. The number of halogens is 1. The van der Waals surface area contributed by atoms with E-state index in [1.54, 1.807) is 12.1 Å². The molecule has 8 heteroatoms. The SMILES string of the molecule is C=CCOc1cc(C)cc(F)c1.CCc1ccc2c(c1)C(NCCCNC(C)=O)CS(=O)(=O)C2. The highest BCUT2D eigenvalue weighted by atomic mass is 32.2. The summed E-state index contributed by atoms with van der Waals surface area (Å²) < 4.78 is 42.0. The number of carbonyl (C=O) groups excluding carboxylic acids is 1. The van der Waals surface area contributed by atoms with Gasteiger partial charge in [0.05, 0.1) is 11.5 Å². The van der Waals surface area contributed by atoms with Gasteiger partial charge in [0, 0.05) is 25.6 Å². The molecular weight excluding hydrogens is 455 g/mol. The predicted octanol–water partition coefficient (Wildman–Crippen LogP) is 4.03. The van der Waals surface area contributed by atoms with E-state index in [9.17, 15) is 17.6 Å². The number of ether oxygens (including phenoxy) is 1. The molecule has 34 heavy (non-hydrogen) atoms. The van der Waals surface area contributed by atoms with Crippen molar-refractivity contribution in [2.75, 3.05) is 25.4 Å². The number of hydrogen-bond acceptors (Lipinski definition) is 5. The van der Waals surface area contributed by atoms with E-state index < -0.39 is 9.84 Å². The Labute approximate surface area is 202 Å². The molecule has 0 radical (unpaired) electrons. The Morgan fingerprint density at radius 2 is 2.00 bits per heavy atom. The van der Waals surface area contributed by atoms with Gasteiger partial charge in [-0.15, -0.1) is 0 Å². The lowest BCUT2D eigenvalue weighted by molar-refractivity contribution is -0.118. The molecule has 0 aliphatic carbocycles. The quantitative estimate of drug-likeness (QED) is 0.410. The molecule has 186 valence electrons. The fourth-order valence-electron chi connectivity index (χ4n) is 3.70. The molecule has 1 aliphatic rings. The number of amides is 1. The predicted molar refractivity (Wildman–Crippen MR) is 134 cm³/mol. The van der Waals surface area contributed by atoms with Crippen molar-refractivity contribution in [1.82, 2.24) is 10.6 Å². The maximum Gasteiger partial charge on any atom is 0.216 e. The van der Waals surface area contributed by atoms with Gasteiger partial charge < -0.3 is 15.4 Å². The third-order valence-electron chi connectivity index (χ3n) is 5.29.